The first-order valence-electron chi connectivity index (χ1n) is 5.73. The number of rotatable bonds is 2. The summed E-state index contributed by atoms with van der Waals surface area (Å²) in [5.74, 6) is -0.170. The van der Waals surface area contributed by atoms with Gasteiger partial charge >= 0.3 is 0 Å². The van der Waals surface area contributed by atoms with E-state index in [1.807, 2.05) is 12.1 Å². The highest BCUT2D eigenvalue weighted by atomic mass is 19.1. The summed E-state index contributed by atoms with van der Waals surface area (Å²) in [5.41, 5.74) is 1.16. The second kappa shape index (κ2) is 7.36. The summed E-state index contributed by atoms with van der Waals surface area (Å²) >= 11 is 0. The van der Waals surface area contributed by atoms with Crippen molar-refractivity contribution in [2.45, 2.75) is 32.3 Å². The number of hydrogen-bond donors (Lipinski definition) is 1. The van der Waals surface area contributed by atoms with Gasteiger partial charge in [0.2, 0.25) is 0 Å². The van der Waals surface area contributed by atoms with Gasteiger partial charge in [0, 0.05) is 13.2 Å². The molecule has 0 aromatic heterocycles. The van der Waals surface area contributed by atoms with Crippen LogP contribution in [0.3, 0.4) is 0 Å². The lowest BCUT2D eigenvalue weighted by Gasteiger charge is -2.08. The molecule has 0 bridgehead atoms. The second-order valence-corrected chi connectivity index (χ2v) is 3.78. The molecule has 2 nitrogen and oxygen atoms in total. The molecule has 1 N–H and O–H groups in total. The van der Waals surface area contributed by atoms with E-state index in [2.05, 4.69) is 0 Å². The minimum absolute atomic E-state index is 0.170. The monoisotopic (exact) mass is 226 g/mol. The number of hydrogen-bond acceptors (Lipinski definition) is 2. The van der Waals surface area contributed by atoms with Crippen molar-refractivity contribution in [3.05, 3.63) is 35.6 Å². The molecule has 2 rings (SSSR count). The van der Waals surface area contributed by atoms with Crippen LogP contribution in [0.4, 0.5) is 4.39 Å². The van der Waals surface area contributed by atoms with Gasteiger partial charge in [-0.1, -0.05) is 12.1 Å². The summed E-state index contributed by atoms with van der Waals surface area (Å²) in [4.78, 5) is 0. The van der Waals surface area contributed by atoms with Crippen molar-refractivity contribution in [1.82, 2.24) is 0 Å². The van der Waals surface area contributed by atoms with Crippen molar-refractivity contribution in [3.63, 3.8) is 0 Å². The molecule has 1 aromatic carbocycles. The molecule has 0 amide bonds. The lowest BCUT2D eigenvalue weighted by molar-refractivity contribution is 0.111. The Balaban J connectivity index is 0.000000386. The average Bonchev–Trinajstić information content (AvgIpc) is 2.75. The van der Waals surface area contributed by atoms with E-state index < -0.39 is 0 Å². The maximum Gasteiger partial charge on any atom is 0.123 e. The van der Waals surface area contributed by atoms with Crippen LogP contribution in [-0.4, -0.2) is 24.4 Å². The second-order valence-electron chi connectivity index (χ2n) is 3.78. The van der Waals surface area contributed by atoms with Gasteiger partial charge in [-0.25, -0.2) is 4.39 Å². The maximum atomic E-state index is 12.6. The highest BCUT2D eigenvalue weighted by molar-refractivity contribution is 5.16. The number of ether oxygens (including phenoxy) is 1. The fraction of sp³-hybridized carbons (Fsp3) is 0.538. The van der Waals surface area contributed by atoms with Crippen LogP contribution in [0.1, 0.15) is 25.3 Å². The van der Waals surface area contributed by atoms with Gasteiger partial charge in [-0.15, -0.1) is 0 Å². The summed E-state index contributed by atoms with van der Waals surface area (Å²) in [6.07, 6.45) is 3.56. The molecule has 1 atom stereocenters. The molecule has 0 saturated carbocycles. The molecule has 1 aliphatic heterocycles. The first-order valence-corrected chi connectivity index (χ1v) is 5.73. The van der Waals surface area contributed by atoms with Crippen molar-refractivity contribution in [1.29, 1.82) is 0 Å². The van der Waals surface area contributed by atoms with Crippen molar-refractivity contribution in [2.24, 2.45) is 0 Å². The van der Waals surface area contributed by atoms with Gasteiger partial charge in [0.05, 0.1) is 6.10 Å². The molecule has 1 saturated heterocycles. The molecule has 1 aliphatic rings. The van der Waals surface area contributed by atoms with Gasteiger partial charge in [0.25, 0.3) is 0 Å². The summed E-state index contributed by atoms with van der Waals surface area (Å²) in [6.45, 7) is 2.81. The number of benzene rings is 1. The highest BCUT2D eigenvalue weighted by Gasteiger charge is 2.15. The largest absolute Gasteiger partial charge is 0.397 e. The third-order valence-electron chi connectivity index (χ3n) is 2.40. The first kappa shape index (κ1) is 13.1. The van der Waals surface area contributed by atoms with E-state index in [1.54, 1.807) is 6.92 Å². The topological polar surface area (TPSA) is 29.5 Å². The molecule has 0 aliphatic carbocycles. The molecule has 0 spiro atoms. The van der Waals surface area contributed by atoms with Crippen molar-refractivity contribution < 1.29 is 14.2 Å². The Bertz CT molecular complexity index is 278. The molecule has 3 heteroatoms. The highest BCUT2D eigenvalue weighted by Crippen LogP contribution is 2.17. The van der Waals surface area contributed by atoms with E-state index in [0.717, 1.165) is 31.4 Å². The predicted octanol–water partition coefficient (Wildman–Crippen LogP) is 2.55. The Morgan fingerprint density at radius 1 is 1.38 bits per heavy atom. The fourth-order valence-corrected chi connectivity index (χ4v) is 1.69. The van der Waals surface area contributed by atoms with Crippen molar-refractivity contribution in [3.8, 4) is 0 Å². The molecule has 1 fully saturated rings. The van der Waals surface area contributed by atoms with Crippen LogP contribution in [0.2, 0.25) is 0 Å². The Labute approximate surface area is 96.1 Å². The van der Waals surface area contributed by atoms with Gasteiger partial charge in [-0.2, -0.15) is 0 Å². The Morgan fingerprint density at radius 2 is 2.00 bits per heavy atom. The van der Waals surface area contributed by atoms with Gasteiger partial charge in [-0.05, 0) is 43.9 Å². The van der Waals surface area contributed by atoms with Crippen LogP contribution in [0, 0.1) is 5.82 Å². The summed E-state index contributed by atoms with van der Waals surface area (Å²) < 4.78 is 18.1. The minimum Gasteiger partial charge on any atom is -0.397 e. The summed E-state index contributed by atoms with van der Waals surface area (Å²) in [5, 5.41) is 7.57. The van der Waals surface area contributed by atoms with E-state index in [4.69, 9.17) is 9.84 Å². The molecular weight excluding hydrogens is 207 g/mol. The van der Waals surface area contributed by atoms with E-state index in [9.17, 15) is 4.39 Å². The zero-order chi connectivity index (χ0) is 11.8. The molecular formula is C13H19FO2. The van der Waals surface area contributed by atoms with Gasteiger partial charge in [-0.3, -0.25) is 0 Å². The van der Waals surface area contributed by atoms with Crippen LogP contribution >= 0.6 is 0 Å². The molecule has 1 unspecified atom stereocenters. The van der Waals surface area contributed by atoms with E-state index in [1.165, 1.54) is 12.1 Å². The maximum absolute atomic E-state index is 12.6. The van der Waals surface area contributed by atoms with Gasteiger partial charge in [0.15, 0.2) is 0 Å². The minimum atomic E-state index is -0.170. The van der Waals surface area contributed by atoms with E-state index in [-0.39, 0.29) is 12.4 Å². The quantitative estimate of drug-likeness (QED) is 0.839. The lowest BCUT2D eigenvalue weighted by Crippen LogP contribution is -2.08. The first-order chi connectivity index (χ1) is 7.76. The SMILES string of the molecule is CCO.Fc1ccc(CC2CCCO2)cc1. The normalized spacial score (nSPS) is 19.1. The number of aliphatic hydroxyl groups is 1. The van der Waals surface area contributed by atoms with Crippen LogP contribution in [-0.2, 0) is 11.2 Å². The average molecular weight is 226 g/mol. The molecule has 1 heterocycles. The van der Waals surface area contributed by atoms with Gasteiger partial charge < -0.3 is 9.84 Å². The van der Waals surface area contributed by atoms with Crippen LogP contribution < -0.4 is 0 Å². The Kier molecular flexibility index (Phi) is 6.04. The Hall–Kier alpha value is -0.930. The third kappa shape index (κ3) is 4.73. The molecule has 16 heavy (non-hydrogen) atoms. The van der Waals surface area contributed by atoms with Gasteiger partial charge in [0.1, 0.15) is 5.82 Å². The predicted molar refractivity (Wildman–Crippen MR) is 61.8 cm³/mol. The van der Waals surface area contributed by atoms with Crippen LogP contribution in [0.15, 0.2) is 24.3 Å². The zero-order valence-electron chi connectivity index (χ0n) is 9.66. The van der Waals surface area contributed by atoms with Crippen molar-refractivity contribution in [2.75, 3.05) is 13.2 Å². The standard InChI is InChI=1S/C11H13FO.C2H6O/c12-10-5-3-9(4-6-10)8-11-2-1-7-13-11;1-2-3/h3-6,11H,1-2,7-8H2;3H,2H2,1H3. The van der Waals surface area contributed by atoms with E-state index in [0.29, 0.717) is 6.10 Å². The summed E-state index contributed by atoms with van der Waals surface area (Å²) in [7, 11) is 0. The molecule has 90 valence electrons. The molecule has 0 radical (unpaired) electrons. The van der Waals surface area contributed by atoms with Crippen LogP contribution in [0.5, 0.6) is 0 Å². The van der Waals surface area contributed by atoms with Crippen molar-refractivity contribution >= 4 is 0 Å². The Morgan fingerprint density at radius 3 is 2.50 bits per heavy atom. The van der Waals surface area contributed by atoms with E-state index >= 15 is 0 Å². The third-order valence-corrected chi connectivity index (χ3v) is 2.40. The van der Waals surface area contributed by atoms with Crippen LogP contribution in [0.25, 0.3) is 0 Å². The number of aliphatic hydroxyl groups excluding tert-OH is 1. The zero-order valence-corrected chi connectivity index (χ0v) is 9.66. The fourth-order valence-electron chi connectivity index (χ4n) is 1.69. The smallest absolute Gasteiger partial charge is 0.123 e. The lowest BCUT2D eigenvalue weighted by atomic mass is 10.1. The molecule has 1 aromatic rings. The summed E-state index contributed by atoms with van der Waals surface area (Å²) in [6, 6.07) is 6.67. The number of halogens is 1.